The molecule has 0 atom stereocenters. The van der Waals surface area contributed by atoms with Crippen molar-refractivity contribution in [2.24, 2.45) is 0 Å². The van der Waals surface area contributed by atoms with Crippen molar-refractivity contribution in [3.8, 4) is 6.07 Å². The summed E-state index contributed by atoms with van der Waals surface area (Å²) < 4.78 is 31.2. The zero-order valence-corrected chi connectivity index (χ0v) is 13.9. The van der Waals surface area contributed by atoms with Crippen molar-refractivity contribution in [2.45, 2.75) is 9.79 Å². The minimum Gasteiger partial charge on any atom is -0.422 e. The van der Waals surface area contributed by atoms with Gasteiger partial charge in [-0.25, -0.2) is 13.2 Å². The number of rotatable bonds is 2. The Morgan fingerprint density at radius 2 is 1.87 bits per heavy atom. The van der Waals surface area contributed by atoms with Crippen LogP contribution in [0.25, 0.3) is 11.0 Å². The smallest absolute Gasteiger partial charge is 0.355 e. The number of nitriles is 1. The van der Waals surface area contributed by atoms with E-state index in [4.69, 9.17) is 9.68 Å². The maximum Gasteiger partial charge on any atom is 0.355 e. The molecule has 114 valence electrons. The summed E-state index contributed by atoms with van der Waals surface area (Å²) in [6.45, 7) is 0. The Hall–Kier alpha value is -2.43. The van der Waals surface area contributed by atoms with Gasteiger partial charge in [0.05, 0.1) is 16.5 Å². The van der Waals surface area contributed by atoms with Crippen LogP contribution in [-0.2, 0) is 9.84 Å². The van der Waals surface area contributed by atoms with E-state index in [1.165, 1.54) is 30.3 Å². The largest absolute Gasteiger partial charge is 0.422 e. The van der Waals surface area contributed by atoms with Gasteiger partial charge in [-0.05, 0) is 42.5 Å². The molecule has 0 spiro atoms. The number of nitrogens with zero attached hydrogens (tertiary/aromatic N) is 1. The van der Waals surface area contributed by atoms with Gasteiger partial charge in [-0.2, -0.15) is 5.26 Å². The van der Waals surface area contributed by atoms with Gasteiger partial charge >= 0.3 is 5.63 Å². The van der Waals surface area contributed by atoms with Crippen LogP contribution in [0.2, 0.25) is 0 Å². The molecular weight excluding hydrogens is 382 g/mol. The lowest BCUT2D eigenvalue weighted by Gasteiger charge is -2.05. The highest BCUT2D eigenvalue weighted by atomic mass is 79.9. The van der Waals surface area contributed by atoms with Crippen LogP contribution < -0.4 is 5.63 Å². The number of hydrogen-bond donors (Lipinski definition) is 0. The third-order valence-corrected chi connectivity index (χ3v) is 5.46. The fraction of sp³-hybridized carbons (Fsp3) is 0. The molecule has 0 saturated carbocycles. The Bertz CT molecular complexity index is 1130. The first-order valence-corrected chi connectivity index (χ1v) is 8.68. The normalized spacial score (nSPS) is 11.3. The van der Waals surface area contributed by atoms with Gasteiger partial charge in [0.2, 0.25) is 9.84 Å². The fourth-order valence-electron chi connectivity index (χ4n) is 2.12. The maximum atomic E-state index is 12.7. The molecule has 5 nitrogen and oxygen atoms in total. The van der Waals surface area contributed by atoms with Gasteiger partial charge in [-0.1, -0.05) is 22.0 Å². The SMILES string of the molecule is N#Cc1cccc(S(=O)(=O)c2cc3cc(Br)ccc3oc2=O)c1. The second-order valence-corrected chi connectivity index (χ2v) is 7.56. The second-order valence-electron chi connectivity index (χ2n) is 4.72. The number of fused-ring (bicyclic) bond motifs is 1. The predicted molar refractivity (Wildman–Crippen MR) is 86.8 cm³/mol. The highest BCUT2D eigenvalue weighted by Crippen LogP contribution is 2.24. The third kappa shape index (κ3) is 2.79. The Morgan fingerprint density at radius 1 is 1.09 bits per heavy atom. The molecule has 0 unspecified atom stereocenters. The third-order valence-electron chi connectivity index (χ3n) is 3.23. The molecule has 1 aromatic heterocycles. The van der Waals surface area contributed by atoms with Crippen LogP contribution in [0.1, 0.15) is 5.56 Å². The molecule has 0 bridgehead atoms. The van der Waals surface area contributed by atoms with Gasteiger partial charge in [-0.3, -0.25) is 0 Å². The Balaban J connectivity index is 2.28. The molecule has 0 fully saturated rings. The fourth-order valence-corrected chi connectivity index (χ4v) is 3.84. The van der Waals surface area contributed by atoms with Crippen molar-refractivity contribution in [1.29, 1.82) is 5.26 Å². The zero-order chi connectivity index (χ0) is 16.6. The number of hydrogen-bond acceptors (Lipinski definition) is 5. The van der Waals surface area contributed by atoms with Gasteiger partial charge in [-0.15, -0.1) is 0 Å². The van der Waals surface area contributed by atoms with Crippen LogP contribution in [0.5, 0.6) is 0 Å². The lowest BCUT2D eigenvalue weighted by atomic mass is 10.2. The van der Waals surface area contributed by atoms with E-state index in [2.05, 4.69) is 15.9 Å². The van der Waals surface area contributed by atoms with E-state index in [0.29, 0.717) is 11.0 Å². The van der Waals surface area contributed by atoms with E-state index in [9.17, 15) is 13.2 Å². The van der Waals surface area contributed by atoms with Crippen molar-refractivity contribution in [2.75, 3.05) is 0 Å². The first-order chi connectivity index (χ1) is 10.9. The standard InChI is InChI=1S/C16H8BrNO4S/c17-12-4-5-14-11(7-12)8-15(16(19)22-14)23(20,21)13-3-1-2-10(6-13)9-18/h1-8H. The Morgan fingerprint density at radius 3 is 2.61 bits per heavy atom. The molecule has 2 aromatic carbocycles. The summed E-state index contributed by atoms with van der Waals surface area (Å²) in [6, 6.07) is 13.6. The summed E-state index contributed by atoms with van der Waals surface area (Å²) in [7, 11) is -4.08. The van der Waals surface area contributed by atoms with Gasteiger partial charge < -0.3 is 4.42 Å². The number of sulfone groups is 1. The number of benzene rings is 2. The Labute approximate surface area is 139 Å². The first-order valence-electron chi connectivity index (χ1n) is 6.40. The summed E-state index contributed by atoms with van der Waals surface area (Å²) in [5.41, 5.74) is -0.455. The quantitative estimate of drug-likeness (QED) is 0.627. The zero-order valence-electron chi connectivity index (χ0n) is 11.5. The molecular formula is C16H8BrNO4S. The second kappa shape index (κ2) is 5.65. The van der Waals surface area contributed by atoms with Crippen LogP contribution in [0.4, 0.5) is 0 Å². The molecule has 7 heteroatoms. The molecule has 0 aliphatic rings. The van der Waals surface area contributed by atoms with Gasteiger partial charge in [0.1, 0.15) is 5.58 Å². The minimum atomic E-state index is -4.08. The van der Waals surface area contributed by atoms with Crippen molar-refractivity contribution < 1.29 is 12.8 Å². The molecule has 3 rings (SSSR count). The molecule has 0 N–H and O–H groups in total. The molecule has 0 saturated heterocycles. The van der Waals surface area contributed by atoms with Crippen molar-refractivity contribution in [3.05, 3.63) is 69.0 Å². The molecule has 0 aliphatic carbocycles. The molecule has 23 heavy (non-hydrogen) atoms. The molecule has 1 heterocycles. The summed E-state index contributed by atoms with van der Waals surface area (Å²) >= 11 is 3.28. The first kappa shape index (κ1) is 15.5. The lowest BCUT2D eigenvalue weighted by Crippen LogP contribution is -2.14. The highest BCUT2D eigenvalue weighted by molar-refractivity contribution is 9.10. The van der Waals surface area contributed by atoms with E-state index >= 15 is 0 Å². The molecule has 0 aliphatic heterocycles. The highest BCUT2D eigenvalue weighted by Gasteiger charge is 2.23. The minimum absolute atomic E-state index is 0.127. The van der Waals surface area contributed by atoms with E-state index in [0.717, 1.165) is 4.47 Å². The summed E-state index contributed by atoms with van der Waals surface area (Å²) in [5, 5.41) is 9.38. The summed E-state index contributed by atoms with van der Waals surface area (Å²) in [5.74, 6) is 0. The van der Waals surface area contributed by atoms with Crippen molar-refractivity contribution in [3.63, 3.8) is 0 Å². The van der Waals surface area contributed by atoms with Gasteiger partial charge in [0.25, 0.3) is 0 Å². The monoisotopic (exact) mass is 389 g/mol. The van der Waals surface area contributed by atoms with Gasteiger partial charge in [0.15, 0.2) is 4.90 Å². The van der Waals surface area contributed by atoms with E-state index in [1.54, 1.807) is 18.2 Å². The average molecular weight is 390 g/mol. The van der Waals surface area contributed by atoms with E-state index in [-0.39, 0.29) is 10.5 Å². The van der Waals surface area contributed by atoms with Crippen LogP contribution in [0.3, 0.4) is 0 Å². The van der Waals surface area contributed by atoms with Crippen LogP contribution in [-0.4, -0.2) is 8.42 Å². The summed E-state index contributed by atoms with van der Waals surface area (Å²) in [4.78, 5) is 11.5. The molecule has 0 radical (unpaired) electrons. The van der Waals surface area contributed by atoms with Crippen molar-refractivity contribution >= 4 is 36.7 Å². The van der Waals surface area contributed by atoms with E-state index < -0.39 is 20.4 Å². The van der Waals surface area contributed by atoms with Crippen LogP contribution in [0.15, 0.2) is 72.0 Å². The van der Waals surface area contributed by atoms with Crippen LogP contribution >= 0.6 is 15.9 Å². The molecule has 3 aromatic rings. The van der Waals surface area contributed by atoms with Crippen molar-refractivity contribution in [1.82, 2.24) is 0 Å². The predicted octanol–water partition coefficient (Wildman–Crippen LogP) is 3.26. The summed E-state index contributed by atoms with van der Waals surface area (Å²) in [6.07, 6.45) is 0. The van der Waals surface area contributed by atoms with Crippen LogP contribution in [0, 0.1) is 11.3 Å². The van der Waals surface area contributed by atoms with E-state index in [1.807, 2.05) is 6.07 Å². The topological polar surface area (TPSA) is 88.1 Å². The Kier molecular flexibility index (Phi) is 3.80. The number of halogens is 1. The van der Waals surface area contributed by atoms with Gasteiger partial charge in [0, 0.05) is 9.86 Å². The molecule has 0 amide bonds. The average Bonchev–Trinajstić information content (AvgIpc) is 2.54. The maximum absolute atomic E-state index is 12.7. The lowest BCUT2D eigenvalue weighted by molar-refractivity contribution is 0.532.